The van der Waals surface area contributed by atoms with Crippen LogP contribution in [-0.4, -0.2) is 55.4 Å². The van der Waals surface area contributed by atoms with Gasteiger partial charge >= 0.3 is 0 Å². The summed E-state index contributed by atoms with van der Waals surface area (Å²) in [6.07, 6.45) is 0. The summed E-state index contributed by atoms with van der Waals surface area (Å²) in [4.78, 5) is 4.74. The van der Waals surface area contributed by atoms with Crippen molar-refractivity contribution in [1.82, 2.24) is 4.90 Å². The van der Waals surface area contributed by atoms with E-state index in [1.165, 1.54) is 20.3 Å². The van der Waals surface area contributed by atoms with Crippen molar-refractivity contribution in [3.8, 4) is 17.2 Å². The number of nitrogens with zero attached hydrogens (tertiary/aromatic N) is 2. The average molecular weight is 376 g/mol. The molecular weight excluding hydrogens is 355 g/mol. The van der Waals surface area contributed by atoms with E-state index in [1.807, 2.05) is 11.0 Å². The Hall–Kier alpha value is -2.54. The first-order valence-electron chi connectivity index (χ1n) is 8.29. The minimum absolute atomic E-state index is 0.0501. The van der Waals surface area contributed by atoms with Crippen LogP contribution in [0.1, 0.15) is 5.56 Å². The molecule has 5 nitrogen and oxygen atoms in total. The van der Waals surface area contributed by atoms with Gasteiger partial charge in [0, 0.05) is 31.7 Å². The molecule has 0 atom stereocenters. The van der Waals surface area contributed by atoms with Crippen molar-refractivity contribution in [3.63, 3.8) is 0 Å². The van der Waals surface area contributed by atoms with Crippen molar-refractivity contribution in [1.29, 1.82) is 0 Å². The fourth-order valence-corrected chi connectivity index (χ4v) is 3.36. The number of phenolic OH excluding ortho intramolecular Hbond substituents is 1. The minimum Gasteiger partial charge on any atom is -0.502 e. The van der Waals surface area contributed by atoms with Crippen LogP contribution in [-0.2, 0) is 0 Å². The third-order valence-electron chi connectivity index (χ3n) is 4.49. The first-order valence-corrected chi connectivity index (χ1v) is 8.69. The van der Waals surface area contributed by atoms with Crippen molar-refractivity contribution in [2.45, 2.75) is 0 Å². The van der Waals surface area contributed by atoms with E-state index in [4.69, 9.17) is 21.7 Å². The van der Waals surface area contributed by atoms with Crippen molar-refractivity contribution < 1.29 is 19.0 Å². The summed E-state index contributed by atoms with van der Waals surface area (Å²) in [5, 5.41) is 10.0. The zero-order chi connectivity index (χ0) is 18.7. The van der Waals surface area contributed by atoms with Gasteiger partial charge in [0.05, 0.1) is 19.9 Å². The summed E-state index contributed by atoms with van der Waals surface area (Å²) in [5.74, 6) is 0.362. The van der Waals surface area contributed by atoms with Crippen LogP contribution < -0.4 is 14.4 Å². The number of thiocarbonyl (C=S) groups is 1. The molecule has 0 radical (unpaired) electrons. The number of hydrogen-bond acceptors (Lipinski definition) is 5. The molecule has 0 saturated carbocycles. The van der Waals surface area contributed by atoms with Gasteiger partial charge in [0.25, 0.3) is 0 Å². The maximum atomic E-state index is 14.0. The number of anilines is 1. The zero-order valence-corrected chi connectivity index (χ0v) is 15.6. The van der Waals surface area contributed by atoms with Crippen molar-refractivity contribution in [2.75, 3.05) is 45.3 Å². The first kappa shape index (κ1) is 18.3. The third kappa shape index (κ3) is 3.53. The van der Waals surface area contributed by atoms with E-state index in [2.05, 4.69) is 4.90 Å². The molecule has 1 aliphatic rings. The second kappa shape index (κ2) is 7.78. The van der Waals surface area contributed by atoms with Gasteiger partial charge in [-0.15, -0.1) is 0 Å². The van der Waals surface area contributed by atoms with Gasteiger partial charge in [0.1, 0.15) is 10.8 Å². The summed E-state index contributed by atoms with van der Waals surface area (Å²) in [7, 11) is 2.96. The molecule has 1 heterocycles. The molecule has 7 heteroatoms. The molecule has 138 valence electrons. The molecule has 0 bridgehead atoms. The number of benzene rings is 2. The summed E-state index contributed by atoms with van der Waals surface area (Å²) < 4.78 is 24.4. The first-order chi connectivity index (χ1) is 12.5. The predicted octanol–water partition coefficient (Wildman–Crippen LogP) is 3.05. The summed E-state index contributed by atoms with van der Waals surface area (Å²) in [6, 6.07) is 10.2. The summed E-state index contributed by atoms with van der Waals surface area (Å²) >= 11 is 5.62. The number of rotatable bonds is 4. The van der Waals surface area contributed by atoms with Gasteiger partial charge in [0.2, 0.25) is 5.75 Å². The maximum absolute atomic E-state index is 14.0. The van der Waals surface area contributed by atoms with E-state index in [0.29, 0.717) is 48.4 Å². The fourth-order valence-electron chi connectivity index (χ4n) is 3.06. The van der Waals surface area contributed by atoms with Gasteiger partial charge in [-0.3, -0.25) is 0 Å². The van der Waals surface area contributed by atoms with Crippen molar-refractivity contribution in [2.24, 2.45) is 0 Å². The van der Waals surface area contributed by atoms with Gasteiger partial charge in [-0.2, -0.15) is 0 Å². The van der Waals surface area contributed by atoms with Crippen LogP contribution in [0.25, 0.3) is 0 Å². The number of phenols is 1. The average Bonchev–Trinajstić information content (AvgIpc) is 2.68. The molecule has 26 heavy (non-hydrogen) atoms. The smallest absolute Gasteiger partial charge is 0.200 e. The van der Waals surface area contributed by atoms with Crippen LogP contribution in [0.5, 0.6) is 17.2 Å². The number of ether oxygens (including phenoxy) is 2. The van der Waals surface area contributed by atoms with Gasteiger partial charge in [0.15, 0.2) is 11.5 Å². The number of piperazine rings is 1. The van der Waals surface area contributed by atoms with Crippen LogP contribution in [0, 0.1) is 5.82 Å². The Morgan fingerprint density at radius 3 is 2.15 bits per heavy atom. The van der Waals surface area contributed by atoms with E-state index >= 15 is 0 Å². The van der Waals surface area contributed by atoms with Gasteiger partial charge in [-0.25, -0.2) is 4.39 Å². The van der Waals surface area contributed by atoms with E-state index < -0.39 is 0 Å². The third-order valence-corrected chi connectivity index (χ3v) is 4.98. The van der Waals surface area contributed by atoms with E-state index in [9.17, 15) is 9.50 Å². The Morgan fingerprint density at radius 2 is 1.62 bits per heavy atom. The van der Waals surface area contributed by atoms with Crippen LogP contribution >= 0.6 is 12.2 Å². The highest BCUT2D eigenvalue weighted by atomic mass is 32.1. The van der Waals surface area contributed by atoms with Crippen molar-refractivity contribution >= 4 is 22.9 Å². The molecule has 1 saturated heterocycles. The molecule has 0 aliphatic carbocycles. The number of methoxy groups -OCH3 is 2. The monoisotopic (exact) mass is 376 g/mol. The largest absolute Gasteiger partial charge is 0.502 e. The molecule has 0 spiro atoms. The highest BCUT2D eigenvalue weighted by Crippen LogP contribution is 2.37. The second-order valence-corrected chi connectivity index (χ2v) is 6.35. The van der Waals surface area contributed by atoms with E-state index in [0.717, 1.165) is 5.56 Å². The molecule has 1 N–H and O–H groups in total. The Kier molecular flexibility index (Phi) is 5.46. The molecule has 2 aromatic carbocycles. The normalized spacial score (nSPS) is 14.3. The van der Waals surface area contributed by atoms with E-state index in [-0.39, 0.29) is 11.6 Å². The quantitative estimate of drug-likeness (QED) is 0.828. The fraction of sp³-hybridized carbons (Fsp3) is 0.316. The molecule has 2 aromatic rings. The molecule has 1 fully saturated rings. The molecule has 1 aliphatic heterocycles. The topological polar surface area (TPSA) is 45.2 Å². The Labute approximate surface area is 157 Å². The lowest BCUT2D eigenvalue weighted by Gasteiger charge is -2.37. The van der Waals surface area contributed by atoms with Crippen LogP contribution in [0.15, 0.2) is 36.4 Å². The lowest BCUT2D eigenvalue weighted by Crippen LogP contribution is -2.48. The Bertz CT molecular complexity index is 782. The minimum atomic E-state index is -0.212. The number of halogens is 1. The van der Waals surface area contributed by atoms with Crippen LogP contribution in [0.4, 0.5) is 10.1 Å². The van der Waals surface area contributed by atoms with Crippen LogP contribution in [0.2, 0.25) is 0 Å². The maximum Gasteiger partial charge on any atom is 0.200 e. The zero-order valence-electron chi connectivity index (χ0n) is 14.7. The van der Waals surface area contributed by atoms with E-state index in [1.54, 1.807) is 24.3 Å². The van der Waals surface area contributed by atoms with Crippen molar-refractivity contribution in [3.05, 3.63) is 47.8 Å². The lowest BCUT2D eigenvalue weighted by atomic mass is 10.1. The molecule has 0 amide bonds. The van der Waals surface area contributed by atoms with Gasteiger partial charge in [-0.05, 0) is 24.3 Å². The summed E-state index contributed by atoms with van der Waals surface area (Å²) in [5.41, 5.74) is 1.36. The highest BCUT2D eigenvalue weighted by molar-refractivity contribution is 7.80. The lowest BCUT2D eigenvalue weighted by molar-refractivity contribution is 0.339. The molecule has 3 rings (SSSR count). The number of hydrogen-bond donors (Lipinski definition) is 1. The number of aromatic hydroxyl groups is 1. The Morgan fingerprint density at radius 1 is 1.04 bits per heavy atom. The van der Waals surface area contributed by atoms with Gasteiger partial charge in [-0.1, -0.05) is 24.4 Å². The van der Waals surface area contributed by atoms with Gasteiger partial charge < -0.3 is 24.4 Å². The molecule has 0 unspecified atom stereocenters. The predicted molar refractivity (Wildman–Crippen MR) is 103 cm³/mol. The Balaban J connectivity index is 1.74. The molecule has 0 aromatic heterocycles. The second-order valence-electron chi connectivity index (χ2n) is 5.96. The highest BCUT2D eigenvalue weighted by Gasteiger charge is 2.23. The summed E-state index contributed by atoms with van der Waals surface area (Å²) in [6.45, 7) is 2.71. The standard InChI is InChI=1S/C19H21FN2O3S/c1-24-16-11-13(12-17(25-2)18(16)23)19(26)22-9-7-21(8-10-22)15-6-4-3-5-14(15)20/h3-6,11-12,23H,7-10H2,1-2H3. The SMILES string of the molecule is COc1cc(C(=S)N2CCN(c3ccccc3F)CC2)cc(OC)c1O. The number of para-hydroxylation sites is 1. The van der Waals surface area contributed by atoms with Crippen LogP contribution in [0.3, 0.4) is 0 Å². The molecular formula is C19H21FN2O3S.